The Balaban J connectivity index is 1.92. The van der Waals surface area contributed by atoms with Gasteiger partial charge in [0, 0.05) is 23.4 Å². The van der Waals surface area contributed by atoms with Crippen LogP contribution in [0.1, 0.15) is 19.4 Å². The second-order valence-corrected chi connectivity index (χ2v) is 9.93. The predicted molar refractivity (Wildman–Crippen MR) is 113 cm³/mol. The van der Waals surface area contributed by atoms with Gasteiger partial charge >= 0.3 is 6.18 Å². The maximum absolute atomic E-state index is 12.7. The number of hydrogen-bond donors (Lipinski definition) is 1. The molecule has 0 bridgehead atoms. The Hall–Kier alpha value is -2.27. The van der Waals surface area contributed by atoms with Gasteiger partial charge < -0.3 is 14.8 Å². The van der Waals surface area contributed by atoms with Crippen LogP contribution in [0.4, 0.5) is 13.2 Å². The molecule has 31 heavy (non-hydrogen) atoms. The number of aromatic nitrogens is 1. The minimum atomic E-state index is -4.54. The average molecular weight is 477 g/mol. The van der Waals surface area contributed by atoms with Crippen LogP contribution in [0.25, 0.3) is 0 Å². The number of ether oxygens (including phenoxy) is 2. The lowest BCUT2D eigenvalue weighted by molar-refractivity contribution is -0.137. The van der Waals surface area contributed by atoms with Crippen LogP contribution < -0.4 is 14.8 Å². The van der Waals surface area contributed by atoms with Crippen LogP contribution >= 0.6 is 11.8 Å². The smallest absolute Gasteiger partial charge is 0.417 e. The Labute approximate surface area is 185 Å². The minimum absolute atomic E-state index is 0.0900. The molecule has 0 saturated carbocycles. The zero-order valence-electron chi connectivity index (χ0n) is 17.4. The largest absolute Gasteiger partial charge is 0.493 e. The van der Waals surface area contributed by atoms with E-state index in [0.29, 0.717) is 30.0 Å². The Morgan fingerprint density at radius 3 is 2.35 bits per heavy atom. The molecule has 1 amide bonds. The van der Waals surface area contributed by atoms with Gasteiger partial charge in [0.15, 0.2) is 11.5 Å². The molecule has 0 saturated heterocycles. The molecule has 0 fully saturated rings. The first kappa shape index (κ1) is 25.0. The second-order valence-electron chi connectivity index (χ2n) is 6.78. The van der Waals surface area contributed by atoms with E-state index in [-0.39, 0.29) is 5.03 Å². The van der Waals surface area contributed by atoms with E-state index in [1.807, 2.05) is 12.1 Å². The van der Waals surface area contributed by atoms with Crippen LogP contribution in [-0.2, 0) is 21.8 Å². The van der Waals surface area contributed by atoms with Crippen molar-refractivity contribution >= 4 is 28.5 Å². The van der Waals surface area contributed by atoms with Crippen molar-refractivity contribution in [2.75, 3.05) is 26.5 Å². The van der Waals surface area contributed by atoms with E-state index in [1.165, 1.54) is 25.6 Å². The molecule has 1 heterocycles. The number of hydrogen-bond acceptors (Lipinski definition) is 6. The predicted octanol–water partition coefficient (Wildman–Crippen LogP) is 3.91. The Kier molecular flexibility index (Phi) is 8.35. The molecule has 2 aromatic rings. The summed E-state index contributed by atoms with van der Waals surface area (Å²) in [5.41, 5.74) is -0.942. The number of carbonyl (C=O) groups is 1. The molecule has 0 spiro atoms. The quantitative estimate of drug-likeness (QED) is 0.437. The van der Waals surface area contributed by atoms with Crippen molar-refractivity contribution in [2.24, 2.45) is 0 Å². The topological polar surface area (TPSA) is 77.5 Å². The van der Waals surface area contributed by atoms with E-state index in [1.54, 1.807) is 20.3 Å². The third kappa shape index (κ3) is 6.36. The summed E-state index contributed by atoms with van der Waals surface area (Å²) >= 11 is 1.49. The fraction of sp³-hybridized carbons (Fsp3) is 0.400. The van der Waals surface area contributed by atoms with Crippen molar-refractivity contribution in [3.8, 4) is 11.5 Å². The van der Waals surface area contributed by atoms with Crippen molar-refractivity contribution in [1.29, 1.82) is 0 Å². The van der Waals surface area contributed by atoms with Gasteiger partial charge in [0.1, 0.15) is 9.77 Å². The summed E-state index contributed by atoms with van der Waals surface area (Å²) in [7, 11) is 1.15. The zero-order valence-corrected chi connectivity index (χ0v) is 19.0. The van der Waals surface area contributed by atoms with E-state index in [2.05, 4.69) is 10.3 Å². The molecule has 1 unspecified atom stereocenters. The first-order valence-corrected chi connectivity index (χ1v) is 11.2. The molecule has 0 aliphatic heterocycles. The highest BCUT2D eigenvalue weighted by Gasteiger charge is 2.37. The Bertz CT molecular complexity index is 935. The number of alkyl halides is 3. The summed E-state index contributed by atoms with van der Waals surface area (Å²) in [6.07, 6.45) is -3.92. The molecule has 170 valence electrons. The highest BCUT2D eigenvalue weighted by atomic mass is 32.2. The van der Waals surface area contributed by atoms with Crippen LogP contribution in [0.2, 0.25) is 0 Å². The van der Waals surface area contributed by atoms with E-state index >= 15 is 0 Å². The van der Waals surface area contributed by atoms with Gasteiger partial charge in [-0.25, -0.2) is 4.98 Å². The van der Waals surface area contributed by atoms with Crippen LogP contribution in [0, 0.1) is 0 Å². The van der Waals surface area contributed by atoms with Gasteiger partial charge in [0.05, 0.1) is 30.6 Å². The van der Waals surface area contributed by atoms with Gasteiger partial charge in [0.25, 0.3) is 0 Å². The summed E-state index contributed by atoms with van der Waals surface area (Å²) in [5.74, 6) is 1.27. The average Bonchev–Trinajstić information content (AvgIpc) is 2.75. The SMILES string of the molecule is COc1ccc(SCCNC(=O)C(C)(C)S(=O)c2ccc(C(F)(F)F)cn2)cc1OC. The molecule has 1 aromatic carbocycles. The minimum Gasteiger partial charge on any atom is -0.493 e. The standard InChI is InChI=1S/C20H23F3N2O4S2/c1-19(2,31(27)17-8-5-13(12-25-17)20(21,22)23)18(26)24-9-10-30-14-6-7-15(28-3)16(11-14)29-4/h5-8,11-12H,9-10H2,1-4H3,(H,24,26). The molecule has 11 heteroatoms. The third-order valence-corrected chi connectivity index (χ3v) is 7.00. The number of nitrogens with zero attached hydrogens (tertiary/aromatic N) is 1. The highest BCUT2D eigenvalue weighted by molar-refractivity contribution is 7.99. The summed E-state index contributed by atoms with van der Waals surface area (Å²) in [5, 5.41) is 2.62. The molecule has 0 aliphatic carbocycles. The van der Waals surface area contributed by atoms with Gasteiger partial charge in [-0.3, -0.25) is 9.00 Å². The molecule has 0 radical (unpaired) electrons. The maximum atomic E-state index is 12.7. The molecule has 2 rings (SSSR count). The normalized spacial score (nSPS) is 12.9. The lowest BCUT2D eigenvalue weighted by atomic mass is 10.2. The molecule has 1 aromatic heterocycles. The number of thioether (sulfide) groups is 1. The monoisotopic (exact) mass is 476 g/mol. The van der Waals surface area contributed by atoms with Gasteiger partial charge in [-0.15, -0.1) is 11.8 Å². The van der Waals surface area contributed by atoms with Crippen LogP contribution in [0.3, 0.4) is 0 Å². The van der Waals surface area contributed by atoms with E-state index in [4.69, 9.17) is 9.47 Å². The van der Waals surface area contributed by atoms with Crippen molar-refractivity contribution in [2.45, 2.75) is 34.7 Å². The van der Waals surface area contributed by atoms with Gasteiger partial charge in [-0.2, -0.15) is 13.2 Å². The first-order valence-electron chi connectivity index (χ1n) is 9.09. The molecule has 6 nitrogen and oxygen atoms in total. The summed E-state index contributed by atoms with van der Waals surface area (Å²) in [6, 6.07) is 7.29. The highest BCUT2D eigenvalue weighted by Crippen LogP contribution is 2.32. The number of pyridine rings is 1. The fourth-order valence-corrected chi connectivity index (χ4v) is 4.35. The zero-order chi connectivity index (χ0) is 23.2. The first-order chi connectivity index (χ1) is 14.5. The second kappa shape index (κ2) is 10.4. The number of nitrogens with one attached hydrogen (secondary N) is 1. The number of rotatable bonds is 9. The summed E-state index contributed by atoms with van der Waals surface area (Å²) in [6.45, 7) is 3.22. The van der Waals surface area contributed by atoms with Crippen LogP contribution in [0.15, 0.2) is 46.5 Å². The summed E-state index contributed by atoms with van der Waals surface area (Å²) in [4.78, 5) is 17.1. The van der Waals surface area contributed by atoms with Crippen molar-refractivity contribution in [1.82, 2.24) is 10.3 Å². The summed E-state index contributed by atoms with van der Waals surface area (Å²) < 4.78 is 59.8. The van der Waals surface area contributed by atoms with E-state index in [9.17, 15) is 22.2 Å². The van der Waals surface area contributed by atoms with Crippen LogP contribution in [0.5, 0.6) is 11.5 Å². The molecule has 1 N–H and O–H groups in total. The number of carbonyl (C=O) groups excluding carboxylic acids is 1. The Morgan fingerprint density at radius 1 is 1.13 bits per heavy atom. The maximum Gasteiger partial charge on any atom is 0.417 e. The number of methoxy groups -OCH3 is 2. The van der Waals surface area contributed by atoms with E-state index in [0.717, 1.165) is 17.0 Å². The number of benzene rings is 1. The lowest BCUT2D eigenvalue weighted by Gasteiger charge is -2.22. The van der Waals surface area contributed by atoms with E-state index < -0.39 is 33.2 Å². The fourth-order valence-electron chi connectivity index (χ4n) is 2.46. The van der Waals surface area contributed by atoms with Gasteiger partial charge in [-0.1, -0.05) is 0 Å². The molecular weight excluding hydrogens is 453 g/mol. The number of halogens is 3. The molecule has 1 atom stereocenters. The van der Waals surface area contributed by atoms with Gasteiger partial charge in [-0.05, 0) is 44.2 Å². The number of amides is 1. The van der Waals surface area contributed by atoms with Gasteiger partial charge in [0.2, 0.25) is 5.91 Å². The third-order valence-electron chi connectivity index (χ3n) is 4.28. The lowest BCUT2D eigenvalue weighted by Crippen LogP contribution is -2.46. The van der Waals surface area contributed by atoms with Crippen molar-refractivity contribution in [3.05, 3.63) is 42.1 Å². The Morgan fingerprint density at radius 2 is 1.81 bits per heavy atom. The molecule has 0 aliphatic rings. The van der Waals surface area contributed by atoms with Crippen molar-refractivity contribution < 1.29 is 31.6 Å². The molecular formula is C20H23F3N2O4S2. The van der Waals surface area contributed by atoms with Crippen LogP contribution in [-0.4, -0.2) is 46.4 Å². The van der Waals surface area contributed by atoms with Crippen molar-refractivity contribution in [3.63, 3.8) is 0 Å².